The van der Waals surface area contributed by atoms with Crippen molar-refractivity contribution in [3.05, 3.63) is 29.6 Å². The molecule has 1 saturated heterocycles. The lowest BCUT2D eigenvalue weighted by Gasteiger charge is -2.12. The van der Waals surface area contributed by atoms with Gasteiger partial charge >= 0.3 is 5.97 Å². The number of aromatic carboxylic acids is 1. The third kappa shape index (κ3) is 2.98. The molecule has 1 aliphatic heterocycles. The molecule has 2 rings (SSSR count). The Balaban J connectivity index is 1.96. The fourth-order valence-corrected chi connectivity index (χ4v) is 2.13. The van der Waals surface area contributed by atoms with Crippen LogP contribution in [0.2, 0.25) is 0 Å². The molecule has 0 saturated carbocycles. The second-order valence-corrected chi connectivity index (χ2v) is 4.32. The van der Waals surface area contributed by atoms with Crippen LogP contribution in [0.3, 0.4) is 0 Å². The number of rotatable bonds is 5. The van der Waals surface area contributed by atoms with Crippen molar-refractivity contribution in [2.24, 2.45) is 0 Å². The molecule has 18 heavy (non-hydrogen) atoms. The van der Waals surface area contributed by atoms with Crippen LogP contribution in [0, 0.1) is 5.82 Å². The quantitative estimate of drug-likeness (QED) is 0.846. The van der Waals surface area contributed by atoms with Crippen LogP contribution in [0.4, 0.5) is 10.1 Å². The maximum absolute atomic E-state index is 13.4. The molecule has 1 aromatic rings. The van der Waals surface area contributed by atoms with Crippen molar-refractivity contribution >= 4 is 11.7 Å². The highest BCUT2D eigenvalue weighted by Crippen LogP contribution is 2.20. The molecule has 2 N–H and O–H groups in total. The Kier molecular flexibility index (Phi) is 4.15. The van der Waals surface area contributed by atoms with Crippen molar-refractivity contribution in [2.75, 3.05) is 18.5 Å². The number of hydrogen-bond acceptors (Lipinski definition) is 3. The van der Waals surface area contributed by atoms with E-state index >= 15 is 0 Å². The summed E-state index contributed by atoms with van der Waals surface area (Å²) in [6.07, 6.45) is 3.15. The van der Waals surface area contributed by atoms with Gasteiger partial charge in [0.1, 0.15) is 11.4 Å². The van der Waals surface area contributed by atoms with E-state index in [9.17, 15) is 9.18 Å². The lowest BCUT2D eigenvalue weighted by Crippen LogP contribution is -2.14. The standard InChI is InChI=1S/C13H16FNO3/c14-10-4-1-5-11(12(10)13(16)17)15-7-6-9-3-2-8-18-9/h1,4-5,9,15H,2-3,6-8H2,(H,16,17). The molecule has 98 valence electrons. The second kappa shape index (κ2) is 5.82. The average molecular weight is 253 g/mol. The van der Waals surface area contributed by atoms with Gasteiger partial charge in [-0.25, -0.2) is 9.18 Å². The number of halogens is 1. The van der Waals surface area contributed by atoms with Gasteiger partial charge in [-0.05, 0) is 31.4 Å². The first kappa shape index (κ1) is 12.8. The fourth-order valence-electron chi connectivity index (χ4n) is 2.13. The normalized spacial score (nSPS) is 18.8. The molecule has 1 aliphatic rings. The Morgan fingerprint density at radius 1 is 1.56 bits per heavy atom. The summed E-state index contributed by atoms with van der Waals surface area (Å²) in [4.78, 5) is 11.0. The van der Waals surface area contributed by atoms with Gasteiger partial charge in [-0.3, -0.25) is 0 Å². The molecular formula is C13H16FNO3. The van der Waals surface area contributed by atoms with E-state index in [0.717, 1.165) is 31.9 Å². The molecule has 4 nitrogen and oxygen atoms in total. The first-order valence-electron chi connectivity index (χ1n) is 6.06. The van der Waals surface area contributed by atoms with Gasteiger partial charge in [-0.2, -0.15) is 0 Å². The van der Waals surface area contributed by atoms with Crippen LogP contribution in [0.15, 0.2) is 18.2 Å². The van der Waals surface area contributed by atoms with Gasteiger partial charge in [0.05, 0.1) is 11.8 Å². The zero-order valence-corrected chi connectivity index (χ0v) is 9.99. The highest BCUT2D eigenvalue weighted by Gasteiger charge is 2.17. The largest absolute Gasteiger partial charge is 0.478 e. The van der Waals surface area contributed by atoms with Crippen LogP contribution in [0.5, 0.6) is 0 Å². The summed E-state index contributed by atoms with van der Waals surface area (Å²) in [5.41, 5.74) is 0.0188. The smallest absolute Gasteiger partial charge is 0.340 e. The number of carboxylic acid groups (broad SMARTS) is 1. The Labute approximate surface area is 105 Å². The average Bonchev–Trinajstić information content (AvgIpc) is 2.81. The minimum absolute atomic E-state index is 0.235. The van der Waals surface area contributed by atoms with E-state index in [1.807, 2.05) is 0 Å². The van der Waals surface area contributed by atoms with Crippen LogP contribution in [0.25, 0.3) is 0 Å². The predicted molar refractivity (Wildman–Crippen MR) is 65.4 cm³/mol. The lowest BCUT2D eigenvalue weighted by atomic mass is 10.1. The van der Waals surface area contributed by atoms with E-state index in [-0.39, 0.29) is 11.7 Å². The molecule has 0 spiro atoms. The summed E-state index contributed by atoms with van der Waals surface area (Å²) in [5, 5.41) is 11.9. The van der Waals surface area contributed by atoms with Crippen molar-refractivity contribution in [2.45, 2.75) is 25.4 Å². The molecule has 0 amide bonds. The van der Waals surface area contributed by atoms with Crippen molar-refractivity contribution < 1.29 is 19.0 Å². The Bertz CT molecular complexity index is 430. The second-order valence-electron chi connectivity index (χ2n) is 4.32. The number of benzene rings is 1. The zero-order chi connectivity index (χ0) is 13.0. The van der Waals surface area contributed by atoms with E-state index in [0.29, 0.717) is 12.2 Å². The van der Waals surface area contributed by atoms with Gasteiger partial charge in [0.2, 0.25) is 0 Å². The summed E-state index contributed by atoms with van der Waals surface area (Å²) in [7, 11) is 0. The minimum atomic E-state index is -1.26. The maximum atomic E-state index is 13.4. The number of ether oxygens (including phenoxy) is 1. The summed E-state index contributed by atoms with van der Waals surface area (Å²) >= 11 is 0. The van der Waals surface area contributed by atoms with Gasteiger partial charge in [-0.15, -0.1) is 0 Å². The molecular weight excluding hydrogens is 237 g/mol. The Morgan fingerprint density at radius 3 is 3.06 bits per heavy atom. The highest BCUT2D eigenvalue weighted by molar-refractivity contribution is 5.94. The summed E-state index contributed by atoms with van der Waals surface area (Å²) < 4.78 is 18.8. The van der Waals surface area contributed by atoms with E-state index < -0.39 is 11.8 Å². The third-order valence-corrected chi connectivity index (χ3v) is 3.03. The lowest BCUT2D eigenvalue weighted by molar-refractivity contribution is 0.0693. The topological polar surface area (TPSA) is 58.6 Å². The van der Waals surface area contributed by atoms with Crippen LogP contribution in [0.1, 0.15) is 29.6 Å². The molecule has 1 heterocycles. The number of anilines is 1. The highest BCUT2D eigenvalue weighted by atomic mass is 19.1. The first-order valence-corrected chi connectivity index (χ1v) is 6.06. The molecule has 0 radical (unpaired) electrons. The van der Waals surface area contributed by atoms with Gasteiger partial charge in [0, 0.05) is 13.2 Å². The van der Waals surface area contributed by atoms with E-state index in [2.05, 4.69) is 5.32 Å². The number of hydrogen-bond donors (Lipinski definition) is 2. The van der Waals surface area contributed by atoms with Crippen LogP contribution in [-0.2, 0) is 4.74 Å². The van der Waals surface area contributed by atoms with Crippen molar-refractivity contribution in [3.8, 4) is 0 Å². The molecule has 0 bridgehead atoms. The van der Waals surface area contributed by atoms with Gasteiger partial charge in [0.15, 0.2) is 0 Å². The van der Waals surface area contributed by atoms with Crippen LogP contribution >= 0.6 is 0 Å². The molecule has 1 unspecified atom stereocenters. The van der Waals surface area contributed by atoms with Crippen molar-refractivity contribution in [3.63, 3.8) is 0 Å². The summed E-state index contributed by atoms with van der Waals surface area (Å²) in [5.74, 6) is -1.97. The molecule has 1 fully saturated rings. The van der Waals surface area contributed by atoms with E-state index in [4.69, 9.17) is 9.84 Å². The molecule has 1 aromatic carbocycles. The molecule has 5 heteroatoms. The van der Waals surface area contributed by atoms with E-state index in [1.54, 1.807) is 6.07 Å². The minimum Gasteiger partial charge on any atom is -0.478 e. The third-order valence-electron chi connectivity index (χ3n) is 3.03. The predicted octanol–water partition coefficient (Wildman–Crippen LogP) is 2.50. The Morgan fingerprint density at radius 2 is 2.39 bits per heavy atom. The Hall–Kier alpha value is -1.62. The zero-order valence-electron chi connectivity index (χ0n) is 9.99. The van der Waals surface area contributed by atoms with Gasteiger partial charge in [0.25, 0.3) is 0 Å². The number of carboxylic acids is 1. The van der Waals surface area contributed by atoms with Crippen LogP contribution in [-0.4, -0.2) is 30.3 Å². The summed E-state index contributed by atoms with van der Waals surface area (Å²) in [6.45, 7) is 1.37. The first-order chi connectivity index (χ1) is 8.68. The van der Waals surface area contributed by atoms with Crippen LogP contribution < -0.4 is 5.32 Å². The summed E-state index contributed by atoms with van der Waals surface area (Å²) in [6, 6.07) is 4.22. The van der Waals surface area contributed by atoms with Gasteiger partial charge in [-0.1, -0.05) is 6.07 Å². The maximum Gasteiger partial charge on any atom is 0.340 e. The fraction of sp³-hybridized carbons (Fsp3) is 0.462. The number of carbonyl (C=O) groups is 1. The van der Waals surface area contributed by atoms with Crippen molar-refractivity contribution in [1.82, 2.24) is 0 Å². The molecule has 0 aromatic heterocycles. The molecule has 1 atom stereocenters. The SMILES string of the molecule is O=C(O)c1c(F)cccc1NCCC1CCCO1. The molecule has 0 aliphatic carbocycles. The monoisotopic (exact) mass is 253 g/mol. The van der Waals surface area contributed by atoms with E-state index in [1.165, 1.54) is 6.07 Å². The van der Waals surface area contributed by atoms with Crippen molar-refractivity contribution in [1.29, 1.82) is 0 Å². The van der Waals surface area contributed by atoms with Gasteiger partial charge < -0.3 is 15.2 Å². The number of nitrogens with one attached hydrogen (secondary N) is 1.